The van der Waals surface area contributed by atoms with E-state index in [0.29, 0.717) is 17.1 Å². The molecule has 10 heteroatoms. The van der Waals surface area contributed by atoms with Crippen LogP contribution in [-0.2, 0) is 14.4 Å². The third-order valence-corrected chi connectivity index (χ3v) is 10.5. The molecule has 174 valence electrons. The van der Waals surface area contributed by atoms with Gasteiger partial charge in [0.25, 0.3) is 0 Å². The molecule has 3 aliphatic rings. The van der Waals surface area contributed by atoms with E-state index in [1.54, 1.807) is 48.0 Å². The first-order chi connectivity index (χ1) is 15.2. The fourth-order valence-corrected chi connectivity index (χ4v) is 9.36. The molecule has 3 heterocycles. The van der Waals surface area contributed by atoms with Crippen LogP contribution < -0.4 is 10.6 Å². The predicted octanol–water partition coefficient (Wildman–Crippen LogP) is 2.51. The highest BCUT2D eigenvalue weighted by Gasteiger charge is 2.76. The zero-order valence-electron chi connectivity index (χ0n) is 18.0. The molecular weight excluding hydrogens is 518 g/mol. The Bertz CT molecular complexity index is 950. The second-order valence-corrected chi connectivity index (χ2v) is 12.1. The van der Waals surface area contributed by atoms with Crippen LogP contribution in [0, 0.1) is 17.8 Å². The molecule has 32 heavy (non-hydrogen) atoms. The maximum absolute atomic E-state index is 13.8. The molecule has 3 aliphatic heterocycles. The molecule has 0 aromatic heterocycles. The highest BCUT2D eigenvalue weighted by molar-refractivity contribution is 9.09. The predicted molar refractivity (Wildman–Crippen MR) is 129 cm³/mol. The summed E-state index contributed by atoms with van der Waals surface area (Å²) in [5.41, 5.74) is 0.465. The summed E-state index contributed by atoms with van der Waals surface area (Å²) < 4.78 is -0.763. The second kappa shape index (κ2) is 8.81. The number of aliphatic hydroxyl groups is 1. The number of hydrogen-bond acceptors (Lipinski definition) is 5. The average Bonchev–Trinajstić information content (AvgIpc) is 3.33. The van der Waals surface area contributed by atoms with Gasteiger partial charge in [0.2, 0.25) is 17.7 Å². The van der Waals surface area contributed by atoms with E-state index in [1.165, 1.54) is 0 Å². The normalized spacial score (nSPS) is 34.0. The van der Waals surface area contributed by atoms with Crippen molar-refractivity contribution in [3.05, 3.63) is 29.3 Å². The highest BCUT2D eigenvalue weighted by atomic mass is 79.9. The van der Waals surface area contributed by atoms with E-state index < -0.39 is 28.7 Å². The largest absolute Gasteiger partial charge is 0.394 e. The van der Waals surface area contributed by atoms with Gasteiger partial charge in [0.15, 0.2) is 0 Å². The topological polar surface area (TPSA) is 98.7 Å². The molecule has 7 nitrogen and oxygen atoms in total. The number of nitrogens with zero attached hydrogens (tertiary/aromatic N) is 1. The van der Waals surface area contributed by atoms with Crippen molar-refractivity contribution in [1.82, 2.24) is 10.2 Å². The number of aliphatic hydroxyl groups excluding tert-OH is 1. The maximum atomic E-state index is 13.8. The maximum Gasteiger partial charge on any atom is 0.248 e. The zero-order valence-corrected chi connectivity index (χ0v) is 21.2. The number of likely N-dealkylation sites (tertiary alicyclic amines) is 1. The number of benzene rings is 1. The average molecular weight is 545 g/mol. The van der Waals surface area contributed by atoms with Crippen molar-refractivity contribution in [2.24, 2.45) is 17.8 Å². The van der Waals surface area contributed by atoms with E-state index in [-0.39, 0.29) is 40.3 Å². The number of carbonyl (C=O) groups excluding carboxylic acids is 3. The number of halogens is 2. The lowest BCUT2D eigenvalue weighted by Crippen LogP contribution is -2.56. The monoisotopic (exact) mass is 543 g/mol. The standard InChI is InChI=1S/C22H27BrClN3O4S/c1-10(2)14(9-28)27-18(20(30)26-13-7-5-4-6-12(13)24)22-8-11(23)17(32-22)15(19(29)25-3)16(22)21(27)31/h4-7,10-11,14-18,28H,8-9H2,1-3H3,(H,25,29)(H,26,30)/t11?,14-,15+,16-,17+,18?,22?/m0/s1. The van der Waals surface area contributed by atoms with Crippen molar-refractivity contribution in [2.45, 2.75) is 47.2 Å². The van der Waals surface area contributed by atoms with Crippen LogP contribution >= 0.6 is 39.3 Å². The van der Waals surface area contributed by atoms with Gasteiger partial charge in [-0.2, -0.15) is 0 Å². The van der Waals surface area contributed by atoms with Crippen molar-refractivity contribution in [3.8, 4) is 0 Å². The molecule has 1 aromatic rings. The van der Waals surface area contributed by atoms with Gasteiger partial charge in [0.1, 0.15) is 6.04 Å². The third-order valence-electron chi connectivity index (χ3n) is 6.97. The van der Waals surface area contributed by atoms with E-state index >= 15 is 0 Å². The lowest BCUT2D eigenvalue weighted by molar-refractivity contribution is -0.142. The van der Waals surface area contributed by atoms with Crippen LogP contribution in [0.25, 0.3) is 0 Å². The summed E-state index contributed by atoms with van der Waals surface area (Å²) in [6, 6.07) is 5.58. The van der Waals surface area contributed by atoms with Crippen LogP contribution in [0.5, 0.6) is 0 Å². The summed E-state index contributed by atoms with van der Waals surface area (Å²) in [5, 5.41) is 16.1. The summed E-state index contributed by atoms with van der Waals surface area (Å²) in [7, 11) is 1.57. The van der Waals surface area contributed by atoms with Crippen LogP contribution in [0.2, 0.25) is 5.02 Å². The Morgan fingerprint density at radius 2 is 2.03 bits per heavy atom. The fourth-order valence-electron chi connectivity index (χ4n) is 5.57. The van der Waals surface area contributed by atoms with Crippen LogP contribution in [0.15, 0.2) is 24.3 Å². The molecule has 2 bridgehead atoms. The molecule has 3 saturated heterocycles. The van der Waals surface area contributed by atoms with Gasteiger partial charge < -0.3 is 20.6 Å². The van der Waals surface area contributed by atoms with E-state index in [2.05, 4.69) is 26.6 Å². The lowest BCUT2D eigenvalue weighted by Gasteiger charge is -2.38. The highest BCUT2D eigenvalue weighted by Crippen LogP contribution is 2.68. The minimum atomic E-state index is -0.833. The first-order valence-corrected chi connectivity index (χ1v) is 12.9. The Hall–Kier alpha value is -1.29. The number of para-hydroxylation sites is 1. The summed E-state index contributed by atoms with van der Waals surface area (Å²) in [6.45, 7) is 3.56. The van der Waals surface area contributed by atoms with Crippen molar-refractivity contribution in [3.63, 3.8) is 0 Å². The minimum Gasteiger partial charge on any atom is -0.394 e. The Morgan fingerprint density at radius 3 is 2.62 bits per heavy atom. The van der Waals surface area contributed by atoms with Crippen LogP contribution in [-0.4, -0.2) is 68.3 Å². The minimum absolute atomic E-state index is 0.000963. The molecule has 3 unspecified atom stereocenters. The summed E-state index contributed by atoms with van der Waals surface area (Å²) >= 11 is 11.5. The third kappa shape index (κ3) is 3.47. The van der Waals surface area contributed by atoms with Crippen molar-refractivity contribution < 1.29 is 19.5 Å². The first kappa shape index (κ1) is 23.9. The fraction of sp³-hybridized carbons (Fsp3) is 0.591. The van der Waals surface area contributed by atoms with Gasteiger partial charge in [-0.3, -0.25) is 14.4 Å². The quantitative estimate of drug-likeness (QED) is 0.478. The Kier molecular flexibility index (Phi) is 6.57. The SMILES string of the molecule is CNC(=O)[C@H]1[C@@H]2SC3(CC2Br)C(C(=O)Nc2ccccc2Cl)N([C@@H](CO)C(C)C)C(=O)[C@H]13. The van der Waals surface area contributed by atoms with E-state index in [0.717, 1.165) is 0 Å². The molecule has 0 radical (unpaired) electrons. The van der Waals surface area contributed by atoms with Crippen LogP contribution in [0.1, 0.15) is 20.3 Å². The molecule has 3 N–H and O–H groups in total. The van der Waals surface area contributed by atoms with Gasteiger partial charge in [-0.15, -0.1) is 11.8 Å². The number of alkyl halides is 1. The molecule has 3 amide bonds. The van der Waals surface area contributed by atoms with Gasteiger partial charge in [0.05, 0.1) is 39.9 Å². The number of amides is 3. The summed E-state index contributed by atoms with van der Waals surface area (Å²) in [4.78, 5) is 42.0. The van der Waals surface area contributed by atoms with E-state index in [9.17, 15) is 19.5 Å². The molecule has 7 atom stereocenters. The number of rotatable bonds is 6. The van der Waals surface area contributed by atoms with Gasteiger partial charge >= 0.3 is 0 Å². The molecular formula is C22H27BrClN3O4S. The van der Waals surface area contributed by atoms with Gasteiger partial charge in [-0.05, 0) is 24.5 Å². The molecule has 0 saturated carbocycles. The molecule has 0 aliphatic carbocycles. The number of hydrogen-bond donors (Lipinski definition) is 3. The lowest BCUT2D eigenvalue weighted by atomic mass is 9.70. The molecule has 4 rings (SSSR count). The van der Waals surface area contributed by atoms with Crippen molar-refractivity contribution >= 4 is 62.7 Å². The smallest absolute Gasteiger partial charge is 0.248 e. The summed E-state index contributed by atoms with van der Waals surface area (Å²) in [5.74, 6) is -2.01. The Labute approximate surface area is 205 Å². The van der Waals surface area contributed by atoms with Gasteiger partial charge in [0, 0.05) is 17.1 Å². The molecule has 1 aromatic carbocycles. The number of nitrogens with one attached hydrogen (secondary N) is 2. The number of anilines is 1. The molecule has 3 fully saturated rings. The number of carbonyl (C=O) groups is 3. The summed E-state index contributed by atoms with van der Waals surface area (Å²) in [6.07, 6.45) is 0.583. The van der Waals surface area contributed by atoms with Crippen LogP contribution in [0.4, 0.5) is 5.69 Å². The van der Waals surface area contributed by atoms with E-state index in [1.807, 2.05) is 13.8 Å². The van der Waals surface area contributed by atoms with Crippen LogP contribution in [0.3, 0.4) is 0 Å². The van der Waals surface area contributed by atoms with Gasteiger partial charge in [-0.25, -0.2) is 0 Å². The van der Waals surface area contributed by atoms with Gasteiger partial charge in [-0.1, -0.05) is 53.5 Å². The Morgan fingerprint density at radius 1 is 1.34 bits per heavy atom. The van der Waals surface area contributed by atoms with E-state index in [4.69, 9.17) is 11.6 Å². The number of fused-ring (bicyclic) bond motifs is 1. The number of thioether (sulfide) groups is 1. The second-order valence-electron chi connectivity index (χ2n) is 8.99. The Balaban J connectivity index is 1.80. The zero-order chi connectivity index (χ0) is 23.4. The molecule has 1 spiro atoms. The van der Waals surface area contributed by atoms with Crippen molar-refractivity contribution in [2.75, 3.05) is 19.0 Å². The first-order valence-electron chi connectivity index (χ1n) is 10.7. The van der Waals surface area contributed by atoms with Crippen molar-refractivity contribution in [1.29, 1.82) is 0 Å².